The first-order valence-corrected chi connectivity index (χ1v) is 5.94. The second-order valence-corrected chi connectivity index (χ2v) is 4.11. The summed E-state index contributed by atoms with van der Waals surface area (Å²) in [6.07, 6.45) is 3.14. The van der Waals surface area contributed by atoms with Crippen LogP contribution in [0, 0.1) is 6.92 Å². The van der Waals surface area contributed by atoms with Gasteiger partial charge in [0.25, 0.3) is 0 Å². The van der Waals surface area contributed by atoms with Gasteiger partial charge in [0.15, 0.2) is 5.82 Å². The molecule has 100 valence electrons. The number of nitrogens with two attached hydrogens (primary N) is 1. The Balaban J connectivity index is 1.74. The van der Waals surface area contributed by atoms with Crippen LogP contribution in [-0.4, -0.2) is 21.0 Å². The highest BCUT2D eigenvalue weighted by molar-refractivity contribution is 5.90. The molecule has 0 aliphatic carbocycles. The second-order valence-electron chi connectivity index (χ2n) is 4.11. The highest BCUT2D eigenvalue weighted by atomic mass is 16.5. The molecule has 7 nitrogen and oxygen atoms in total. The first-order valence-electron chi connectivity index (χ1n) is 5.94. The molecule has 0 atom stereocenters. The normalized spacial score (nSPS) is 10.4. The van der Waals surface area contributed by atoms with Gasteiger partial charge in [0, 0.05) is 12.8 Å². The van der Waals surface area contributed by atoms with Gasteiger partial charge in [-0.3, -0.25) is 4.79 Å². The molecule has 2 rings (SSSR count). The number of rotatable bonds is 5. The molecule has 2 aromatic heterocycles. The Morgan fingerprint density at radius 1 is 1.47 bits per heavy atom. The van der Waals surface area contributed by atoms with E-state index in [9.17, 15) is 4.79 Å². The molecule has 0 fully saturated rings. The average molecular weight is 261 g/mol. The number of nitrogens with one attached hydrogen (secondary N) is 1. The summed E-state index contributed by atoms with van der Waals surface area (Å²) < 4.78 is 4.96. The highest BCUT2D eigenvalue weighted by Gasteiger charge is 2.06. The number of nitrogens with zero attached hydrogens (tertiary/aromatic N) is 3. The van der Waals surface area contributed by atoms with Gasteiger partial charge in [-0.2, -0.15) is 4.98 Å². The van der Waals surface area contributed by atoms with Crippen molar-refractivity contribution in [2.45, 2.75) is 26.2 Å². The lowest BCUT2D eigenvalue weighted by molar-refractivity contribution is -0.116. The molecule has 19 heavy (non-hydrogen) atoms. The van der Waals surface area contributed by atoms with E-state index in [0.717, 1.165) is 0 Å². The molecule has 0 saturated heterocycles. The van der Waals surface area contributed by atoms with Crippen molar-refractivity contribution < 1.29 is 9.32 Å². The zero-order chi connectivity index (χ0) is 13.7. The van der Waals surface area contributed by atoms with Crippen molar-refractivity contribution in [3.05, 3.63) is 30.0 Å². The lowest BCUT2D eigenvalue weighted by Crippen LogP contribution is -2.11. The molecule has 0 spiro atoms. The van der Waals surface area contributed by atoms with E-state index in [2.05, 4.69) is 20.4 Å². The first-order chi connectivity index (χ1) is 9.13. The average Bonchev–Trinajstić information content (AvgIpc) is 2.78. The zero-order valence-corrected chi connectivity index (χ0v) is 10.6. The monoisotopic (exact) mass is 261 g/mol. The molecule has 0 aliphatic heterocycles. The molecule has 0 saturated carbocycles. The van der Waals surface area contributed by atoms with Gasteiger partial charge in [0.1, 0.15) is 5.82 Å². The van der Waals surface area contributed by atoms with E-state index in [4.69, 9.17) is 10.3 Å². The quantitative estimate of drug-likeness (QED) is 0.840. The van der Waals surface area contributed by atoms with Crippen molar-refractivity contribution in [2.24, 2.45) is 0 Å². The van der Waals surface area contributed by atoms with Crippen LogP contribution < -0.4 is 11.1 Å². The summed E-state index contributed by atoms with van der Waals surface area (Å²) in [5.41, 5.74) is 6.09. The van der Waals surface area contributed by atoms with E-state index in [1.165, 1.54) is 6.20 Å². The minimum Gasteiger partial charge on any atom is -0.384 e. The minimum absolute atomic E-state index is 0.0807. The number of nitrogen functional groups attached to an aromatic ring is 1. The van der Waals surface area contributed by atoms with Crippen LogP contribution >= 0.6 is 0 Å². The molecule has 0 unspecified atom stereocenters. The summed E-state index contributed by atoms with van der Waals surface area (Å²) in [6.45, 7) is 1.76. The summed E-state index contributed by atoms with van der Waals surface area (Å²) in [5, 5.41) is 6.42. The minimum atomic E-state index is -0.0807. The maximum Gasteiger partial charge on any atom is 0.226 e. The van der Waals surface area contributed by atoms with Gasteiger partial charge in [-0.25, -0.2) is 4.98 Å². The molecule has 3 N–H and O–H groups in total. The van der Waals surface area contributed by atoms with E-state index in [1.807, 2.05) is 0 Å². The van der Waals surface area contributed by atoms with Gasteiger partial charge in [-0.15, -0.1) is 0 Å². The highest BCUT2D eigenvalue weighted by Crippen LogP contribution is 2.09. The fourth-order valence-corrected chi connectivity index (χ4v) is 1.54. The summed E-state index contributed by atoms with van der Waals surface area (Å²) in [7, 11) is 0. The van der Waals surface area contributed by atoms with Gasteiger partial charge >= 0.3 is 0 Å². The molecule has 7 heteroatoms. The summed E-state index contributed by atoms with van der Waals surface area (Å²) in [6, 6.07) is 3.35. The topological polar surface area (TPSA) is 107 Å². The van der Waals surface area contributed by atoms with Gasteiger partial charge < -0.3 is 15.6 Å². The van der Waals surface area contributed by atoms with Gasteiger partial charge in [0.05, 0.1) is 11.9 Å². The number of aromatic nitrogens is 3. The predicted octanol–water partition coefficient (Wildman–Crippen LogP) is 1.32. The number of pyridine rings is 1. The van der Waals surface area contributed by atoms with Crippen molar-refractivity contribution in [3.63, 3.8) is 0 Å². The Morgan fingerprint density at radius 3 is 2.95 bits per heavy atom. The SMILES string of the molecule is Cc1noc(CCCC(=O)Nc2ccc(N)nc2)n1. The molecule has 0 bridgehead atoms. The van der Waals surface area contributed by atoms with E-state index < -0.39 is 0 Å². The van der Waals surface area contributed by atoms with Crippen molar-refractivity contribution >= 4 is 17.4 Å². The molecular weight excluding hydrogens is 246 g/mol. The number of hydrogen-bond donors (Lipinski definition) is 2. The Hall–Kier alpha value is -2.44. The van der Waals surface area contributed by atoms with Crippen LogP contribution in [0.15, 0.2) is 22.9 Å². The number of carbonyl (C=O) groups excluding carboxylic acids is 1. The van der Waals surface area contributed by atoms with Gasteiger partial charge in [-0.05, 0) is 25.5 Å². The third-order valence-electron chi connectivity index (χ3n) is 2.43. The Morgan fingerprint density at radius 2 is 2.32 bits per heavy atom. The van der Waals surface area contributed by atoms with Crippen LogP contribution in [0.3, 0.4) is 0 Å². The second kappa shape index (κ2) is 5.94. The van der Waals surface area contributed by atoms with Gasteiger partial charge in [0.2, 0.25) is 11.8 Å². The zero-order valence-electron chi connectivity index (χ0n) is 10.6. The van der Waals surface area contributed by atoms with Gasteiger partial charge in [-0.1, -0.05) is 5.16 Å². The molecule has 2 aromatic rings. The van der Waals surface area contributed by atoms with E-state index in [-0.39, 0.29) is 5.91 Å². The molecule has 1 amide bonds. The van der Waals surface area contributed by atoms with E-state index in [0.29, 0.717) is 42.5 Å². The molecular formula is C12H15N5O2. The maximum absolute atomic E-state index is 11.7. The van der Waals surface area contributed by atoms with Crippen molar-refractivity contribution in [2.75, 3.05) is 11.1 Å². The first kappa shape index (κ1) is 13.0. The third kappa shape index (κ3) is 4.06. The van der Waals surface area contributed by atoms with Crippen molar-refractivity contribution in [1.82, 2.24) is 15.1 Å². The third-order valence-corrected chi connectivity index (χ3v) is 2.43. The standard InChI is InChI=1S/C12H15N5O2/c1-8-15-12(19-17-8)4-2-3-11(18)16-9-5-6-10(13)14-7-9/h5-7H,2-4H2,1H3,(H2,13,14)(H,16,18). The Kier molecular flexibility index (Phi) is 4.07. The number of carbonyl (C=O) groups is 1. The lowest BCUT2D eigenvalue weighted by atomic mass is 10.2. The summed E-state index contributed by atoms with van der Waals surface area (Å²) in [4.78, 5) is 19.6. The van der Waals surface area contributed by atoms with E-state index >= 15 is 0 Å². The summed E-state index contributed by atoms with van der Waals surface area (Å²) in [5.74, 6) is 1.50. The Bertz CT molecular complexity index is 550. The number of amides is 1. The van der Waals surface area contributed by atoms with Crippen molar-refractivity contribution in [3.8, 4) is 0 Å². The van der Waals surface area contributed by atoms with E-state index in [1.54, 1.807) is 19.1 Å². The van der Waals surface area contributed by atoms with Crippen LogP contribution in [0.4, 0.5) is 11.5 Å². The van der Waals surface area contributed by atoms with Crippen LogP contribution in [0.5, 0.6) is 0 Å². The maximum atomic E-state index is 11.7. The summed E-state index contributed by atoms with van der Waals surface area (Å²) >= 11 is 0. The molecule has 0 aromatic carbocycles. The molecule has 0 aliphatic rings. The van der Waals surface area contributed by atoms with Crippen molar-refractivity contribution in [1.29, 1.82) is 0 Å². The Labute approximate surface area is 110 Å². The fraction of sp³-hybridized carbons (Fsp3) is 0.333. The predicted molar refractivity (Wildman–Crippen MR) is 69.3 cm³/mol. The molecule has 0 radical (unpaired) electrons. The van der Waals surface area contributed by atoms with Crippen LogP contribution in [-0.2, 0) is 11.2 Å². The van der Waals surface area contributed by atoms with Crippen LogP contribution in [0.2, 0.25) is 0 Å². The number of aryl methyl sites for hydroxylation is 2. The largest absolute Gasteiger partial charge is 0.384 e. The lowest BCUT2D eigenvalue weighted by Gasteiger charge is -2.04. The molecule has 2 heterocycles. The van der Waals surface area contributed by atoms with Crippen LogP contribution in [0.1, 0.15) is 24.6 Å². The van der Waals surface area contributed by atoms with Crippen LogP contribution in [0.25, 0.3) is 0 Å². The number of anilines is 2. The number of hydrogen-bond acceptors (Lipinski definition) is 6. The smallest absolute Gasteiger partial charge is 0.226 e. The fourth-order valence-electron chi connectivity index (χ4n) is 1.54.